The minimum absolute atomic E-state index is 0.0188. The van der Waals surface area contributed by atoms with Gasteiger partial charge in [-0.05, 0) is 45.4 Å². The highest BCUT2D eigenvalue weighted by Crippen LogP contribution is 2.34. The van der Waals surface area contributed by atoms with Crippen molar-refractivity contribution in [2.75, 3.05) is 13.1 Å². The zero-order valence-electron chi connectivity index (χ0n) is 13.9. The average molecular weight is 371 g/mol. The largest absolute Gasteiger partial charge is 0.444 e. The molecule has 0 aliphatic carbocycles. The predicted molar refractivity (Wildman–Crippen MR) is 92.6 cm³/mol. The maximum atomic E-state index is 12.6. The SMILES string of the molecule is CC(C)(C)OC(=O)N1[C@@H]2C[C@H]1CN(C(=O)c1ccc(Cl)c(Cl)c1)C2. The molecule has 24 heavy (non-hydrogen) atoms. The van der Waals surface area contributed by atoms with E-state index in [0.717, 1.165) is 6.42 Å². The van der Waals surface area contributed by atoms with Crippen LogP contribution in [0.25, 0.3) is 0 Å². The molecule has 2 amide bonds. The highest BCUT2D eigenvalue weighted by molar-refractivity contribution is 6.42. The molecule has 0 N–H and O–H groups in total. The monoisotopic (exact) mass is 370 g/mol. The molecule has 130 valence electrons. The smallest absolute Gasteiger partial charge is 0.410 e. The van der Waals surface area contributed by atoms with Gasteiger partial charge in [-0.2, -0.15) is 0 Å². The highest BCUT2D eigenvalue weighted by Gasteiger charge is 2.49. The molecule has 3 aliphatic rings. The van der Waals surface area contributed by atoms with E-state index in [2.05, 4.69) is 0 Å². The van der Waals surface area contributed by atoms with Crippen LogP contribution in [0.3, 0.4) is 0 Å². The summed E-state index contributed by atoms with van der Waals surface area (Å²) < 4.78 is 5.44. The van der Waals surface area contributed by atoms with Crippen LogP contribution >= 0.6 is 23.2 Å². The number of carbonyl (C=O) groups is 2. The van der Waals surface area contributed by atoms with Crippen molar-refractivity contribution in [1.82, 2.24) is 9.80 Å². The molecule has 5 nitrogen and oxygen atoms in total. The molecule has 0 unspecified atom stereocenters. The van der Waals surface area contributed by atoms with Crippen LogP contribution in [0.2, 0.25) is 10.0 Å². The van der Waals surface area contributed by atoms with Crippen molar-refractivity contribution in [3.8, 4) is 0 Å². The quantitative estimate of drug-likeness (QED) is 0.754. The second-order valence-electron chi connectivity index (χ2n) is 7.27. The molecule has 1 aromatic carbocycles. The molecule has 0 aromatic heterocycles. The second kappa shape index (κ2) is 6.12. The molecule has 7 heteroatoms. The fourth-order valence-corrected chi connectivity index (χ4v) is 3.50. The van der Waals surface area contributed by atoms with Crippen LogP contribution in [0, 0.1) is 0 Å². The maximum absolute atomic E-state index is 12.6. The van der Waals surface area contributed by atoms with E-state index in [1.807, 2.05) is 20.8 Å². The van der Waals surface area contributed by atoms with Gasteiger partial charge in [0.1, 0.15) is 5.60 Å². The Labute approximate surface area is 151 Å². The number of ether oxygens (including phenoxy) is 1. The fourth-order valence-electron chi connectivity index (χ4n) is 3.20. The van der Waals surface area contributed by atoms with Gasteiger partial charge in [0.15, 0.2) is 0 Å². The van der Waals surface area contributed by atoms with Crippen molar-refractivity contribution in [3.63, 3.8) is 0 Å². The molecule has 2 atom stereocenters. The van der Waals surface area contributed by atoms with E-state index in [4.69, 9.17) is 27.9 Å². The van der Waals surface area contributed by atoms with Crippen LogP contribution in [-0.2, 0) is 4.74 Å². The number of fused-ring (bicyclic) bond motifs is 2. The van der Waals surface area contributed by atoms with E-state index in [-0.39, 0.29) is 24.1 Å². The van der Waals surface area contributed by atoms with Gasteiger partial charge in [-0.3, -0.25) is 9.69 Å². The number of rotatable bonds is 1. The Balaban J connectivity index is 1.66. The summed E-state index contributed by atoms with van der Waals surface area (Å²) in [6, 6.07) is 4.91. The molecule has 3 heterocycles. The summed E-state index contributed by atoms with van der Waals surface area (Å²) in [5.74, 6) is -0.0906. The van der Waals surface area contributed by atoms with Gasteiger partial charge in [0, 0.05) is 18.7 Å². The van der Waals surface area contributed by atoms with Gasteiger partial charge < -0.3 is 9.64 Å². The van der Waals surface area contributed by atoms with Gasteiger partial charge in [-0.1, -0.05) is 23.2 Å². The predicted octanol–water partition coefficient (Wildman–Crippen LogP) is 3.83. The first-order valence-electron chi connectivity index (χ1n) is 7.91. The van der Waals surface area contributed by atoms with Crippen LogP contribution in [0.15, 0.2) is 18.2 Å². The zero-order chi connectivity index (χ0) is 17.6. The van der Waals surface area contributed by atoms with Gasteiger partial charge in [0.05, 0.1) is 22.1 Å². The molecule has 2 bridgehead atoms. The van der Waals surface area contributed by atoms with Gasteiger partial charge in [-0.15, -0.1) is 0 Å². The molecule has 3 fully saturated rings. The molecular weight excluding hydrogens is 351 g/mol. The van der Waals surface area contributed by atoms with Crippen LogP contribution in [-0.4, -0.2) is 52.6 Å². The van der Waals surface area contributed by atoms with E-state index in [0.29, 0.717) is 28.7 Å². The van der Waals surface area contributed by atoms with Crippen molar-refractivity contribution in [2.45, 2.75) is 44.9 Å². The first-order valence-corrected chi connectivity index (χ1v) is 8.67. The van der Waals surface area contributed by atoms with Crippen molar-refractivity contribution >= 4 is 35.2 Å². The zero-order valence-corrected chi connectivity index (χ0v) is 15.4. The van der Waals surface area contributed by atoms with E-state index in [1.54, 1.807) is 28.0 Å². The topological polar surface area (TPSA) is 49.9 Å². The van der Waals surface area contributed by atoms with E-state index in [9.17, 15) is 9.59 Å². The summed E-state index contributed by atoms with van der Waals surface area (Å²) in [4.78, 5) is 28.4. The number of piperazine rings is 1. The first-order chi connectivity index (χ1) is 11.2. The Hall–Kier alpha value is -1.46. The molecule has 3 saturated heterocycles. The summed E-state index contributed by atoms with van der Waals surface area (Å²) in [7, 11) is 0. The Bertz CT molecular complexity index is 675. The minimum Gasteiger partial charge on any atom is -0.444 e. The van der Waals surface area contributed by atoms with E-state index < -0.39 is 5.60 Å². The number of piperidine rings is 1. The van der Waals surface area contributed by atoms with Gasteiger partial charge >= 0.3 is 6.09 Å². The lowest BCUT2D eigenvalue weighted by Gasteiger charge is -2.55. The van der Waals surface area contributed by atoms with Crippen molar-refractivity contribution in [3.05, 3.63) is 33.8 Å². The molecule has 1 aromatic rings. The number of hydrogen-bond donors (Lipinski definition) is 0. The maximum Gasteiger partial charge on any atom is 0.410 e. The summed E-state index contributed by atoms with van der Waals surface area (Å²) in [5, 5.41) is 0.783. The standard InChI is InChI=1S/C17H20Cl2N2O3/c1-17(2,3)24-16(23)21-11-7-12(21)9-20(8-11)15(22)10-4-5-13(18)14(19)6-10/h4-6,11-12H,7-9H2,1-3H3/t11-,12+. The van der Waals surface area contributed by atoms with Gasteiger partial charge in [0.2, 0.25) is 0 Å². The number of halogens is 2. The van der Waals surface area contributed by atoms with Crippen LogP contribution < -0.4 is 0 Å². The van der Waals surface area contributed by atoms with Crippen molar-refractivity contribution in [1.29, 1.82) is 0 Å². The van der Waals surface area contributed by atoms with Crippen LogP contribution in [0.4, 0.5) is 4.79 Å². The van der Waals surface area contributed by atoms with E-state index in [1.165, 1.54) is 0 Å². The molecule has 0 saturated carbocycles. The fraction of sp³-hybridized carbons (Fsp3) is 0.529. The summed E-state index contributed by atoms with van der Waals surface area (Å²) >= 11 is 11.9. The third-order valence-electron chi connectivity index (χ3n) is 4.25. The van der Waals surface area contributed by atoms with Crippen molar-refractivity contribution in [2.24, 2.45) is 0 Å². The lowest BCUT2D eigenvalue weighted by Crippen LogP contribution is -2.71. The number of amides is 2. The van der Waals surface area contributed by atoms with Gasteiger partial charge in [0.25, 0.3) is 5.91 Å². The van der Waals surface area contributed by atoms with Crippen LogP contribution in [0.1, 0.15) is 37.6 Å². The minimum atomic E-state index is -0.517. The molecular formula is C17H20Cl2N2O3. The average Bonchev–Trinajstić information content (AvgIpc) is 2.47. The first kappa shape index (κ1) is 17.4. The third-order valence-corrected chi connectivity index (χ3v) is 4.99. The third kappa shape index (κ3) is 3.33. The molecule has 3 aliphatic heterocycles. The van der Waals surface area contributed by atoms with Crippen molar-refractivity contribution < 1.29 is 14.3 Å². The highest BCUT2D eigenvalue weighted by atomic mass is 35.5. The summed E-state index contributed by atoms with van der Waals surface area (Å²) in [5.41, 5.74) is -0.00852. The summed E-state index contributed by atoms with van der Waals surface area (Å²) in [6.45, 7) is 6.56. The van der Waals surface area contributed by atoms with Crippen LogP contribution in [0.5, 0.6) is 0 Å². The summed E-state index contributed by atoms with van der Waals surface area (Å²) in [6.07, 6.45) is 0.607. The normalized spacial score (nSPS) is 22.9. The number of nitrogens with zero attached hydrogens (tertiary/aromatic N) is 2. The molecule has 4 rings (SSSR count). The lowest BCUT2D eigenvalue weighted by molar-refractivity contribution is -0.0693. The number of benzene rings is 1. The Morgan fingerprint density at radius 2 is 1.75 bits per heavy atom. The number of carbonyl (C=O) groups excluding carboxylic acids is 2. The Morgan fingerprint density at radius 1 is 1.12 bits per heavy atom. The second-order valence-corrected chi connectivity index (χ2v) is 8.08. The Morgan fingerprint density at radius 3 is 2.29 bits per heavy atom. The number of hydrogen-bond acceptors (Lipinski definition) is 3. The molecule has 0 spiro atoms. The lowest BCUT2D eigenvalue weighted by atomic mass is 9.87. The van der Waals surface area contributed by atoms with Gasteiger partial charge in [-0.25, -0.2) is 4.79 Å². The molecule has 0 radical (unpaired) electrons. The van der Waals surface area contributed by atoms with E-state index >= 15 is 0 Å². The Kier molecular flexibility index (Phi) is 4.43.